The summed E-state index contributed by atoms with van der Waals surface area (Å²) in [7, 11) is 4.21. The molecule has 50 heavy (non-hydrogen) atoms. The van der Waals surface area contributed by atoms with E-state index in [0.717, 1.165) is 32.2 Å². The second-order valence-electron chi connectivity index (χ2n) is 14.0. The lowest BCUT2D eigenvalue weighted by Gasteiger charge is -2.33. The Labute approximate surface area is 306 Å². The van der Waals surface area contributed by atoms with E-state index in [2.05, 4.69) is 37.9 Å². The van der Waals surface area contributed by atoms with E-state index < -0.39 is 35.9 Å². The van der Waals surface area contributed by atoms with Gasteiger partial charge in [0, 0.05) is 101 Å². The van der Waals surface area contributed by atoms with Crippen molar-refractivity contribution in [3.63, 3.8) is 0 Å². The molecule has 16 heteroatoms. The van der Waals surface area contributed by atoms with Crippen LogP contribution >= 0.6 is 0 Å². The Morgan fingerprint density at radius 2 is 1.06 bits per heavy atom. The third-order valence-corrected chi connectivity index (χ3v) is 14.4. The Hall–Kier alpha value is -0.126. The van der Waals surface area contributed by atoms with Crippen molar-refractivity contribution in [2.75, 3.05) is 115 Å². The fourth-order valence-electron chi connectivity index (χ4n) is 6.03. The number of hydrogen-bond donors (Lipinski definition) is 4. The molecule has 0 saturated carbocycles. The van der Waals surface area contributed by atoms with Crippen molar-refractivity contribution in [1.82, 2.24) is 10.2 Å². The Balaban J connectivity index is 5.00. The minimum absolute atomic E-state index is 0.0560. The second-order valence-corrected chi connectivity index (χ2v) is 20.2. The van der Waals surface area contributed by atoms with Gasteiger partial charge in [0.15, 0.2) is 0 Å². The maximum Gasteiger partial charge on any atom is 0.500 e. The van der Waals surface area contributed by atoms with Gasteiger partial charge in [0.25, 0.3) is 0 Å². The molecule has 0 radical (unpaired) electrons. The Kier molecular flexibility index (Phi) is 29.2. The molecule has 0 aliphatic carbocycles. The summed E-state index contributed by atoms with van der Waals surface area (Å²) in [5, 5.41) is 35.4. The van der Waals surface area contributed by atoms with Gasteiger partial charge < -0.3 is 61.4 Å². The molecule has 0 fully saturated rings. The van der Waals surface area contributed by atoms with Gasteiger partial charge in [-0.25, -0.2) is 0 Å². The summed E-state index contributed by atoms with van der Waals surface area (Å²) in [6, 6.07) is 1.24. The van der Waals surface area contributed by atoms with Crippen molar-refractivity contribution in [3.05, 3.63) is 0 Å². The summed E-state index contributed by atoms with van der Waals surface area (Å²) < 4.78 is 49.9. The van der Waals surface area contributed by atoms with E-state index in [1.54, 1.807) is 42.7 Å². The number of nitrogens with zero attached hydrogens (tertiary/aromatic N) is 1. The minimum atomic E-state index is -2.66. The maximum absolute atomic E-state index is 10.9. The molecule has 0 heterocycles. The van der Waals surface area contributed by atoms with Crippen LogP contribution in [-0.4, -0.2) is 171 Å². The van der Waals surface area contributed by atoms with Gasteiger partial charge >= 0.3 is 17.6 Å². The van der Waals surface area contributed by atoms with Gasteiger partial charge in [-0.1, -0.05) is 34.1 Å². The van der Waals surface area contributed by atoms with Crippen molar-refractivity contribution in [2.45, 2.75) is 96.6 Å². The lowest BCUT2D eigenvalue weighted by atomic mass is 9.80. The van der Waals surface area contributed by atoms with Gasteiger partial charge in [0.05, 0.1) is 38.1 Å². The first-order valence-electron chi connectivity index (χ1n) is 18.3. The first kappa shape index (κ1) is 49.9. The molecule has 0 aromatic rings. The smallest absolute Gasteiger partial charge is 0.389 e. The lowest BCUT2D eigenvalue weighted by molar-refractivity contribution is -0.0148. The standard InChI is InChI=1S/C34H76N2O12Si2/c1-11-12-17-46-27-31(37)23-35-16-15-34(3,4)22-30(2)24-36(25-32(38)28-47-18-13-20-49(40-5,41-6)42-7)26-33(39)29-48-19-14-21-50(43-8,44-9)45-10/h30-33,35,37-39H,11-29H2,1-10H3. The fourth-order valence-corrected chi connectivity index (χ4v) is 9.41. The molecular weight excluding hydrogens is 685 g/mol. The van der Waals surface area contributed by atoms with Crippen LogP contribution in [0.2, 0.25) is 12.1 Å². The highest BCUT2D eigenvalue weighted by molar-refractivity contribution is 6.60. The molecule has 4 unspecified atom stereocenters. The van der Waals surface area contributed by atoms with Crippen LogP contribution in [0.3, 0.4) is 0 Å². The summed E-state index contributed by atoms with van der Waals surface area (Å²) in [6.07, 6.45) is 3.40. The number of rotatable bonds is 36. The second kappa shape index (κ2) is 29.3. The first-order chi connectivity index (χ1) is 23.8. The van der Waals surface area contributed by atoms with E-state index in [9.17, 15) is 15.3 Å². The van der Waals surface area contributed by atoms with E-state index in [-0.39, 0.29) is 18.6 Å². The van der Waals surface area contributed by atoms with Crippen molar-refractivity contribution in [3.8, 4) is 0 Å². The quantitative estimate of drug-likeness (QED) is 0.0546. The van der Waals surface area contributed by atoms with Crippen molar-refractivity contribution >= 4 is 17.6 Å². The average molecular weight is 761 g/mol. The molecule has 0 rings (SSSR count). The number of unbranched alkanes of at least 4 members (excludes halogenated alkanes) is 1. The van der Waals surface area contributed by atoms with Crippen LogP contribution in [0.5, 0.6) is 0 Å². The first-order valence-corrected chi connectivity index (χ1v) is 22.2. The zero-order valence-corrected chi connectivity index (χ0v) is 35.2. The molecule has 0 aliphatic rings. The van der Waals surface area contributed by atoms with Gasteiger partial charge in [-0.2, -0.15) is 0 Å². The van der Waals surface area contributed by atoms with Crippen LogP contribution in [0.15, 0.2) is 0 Å². The number of ether oxygens (including phenoxy) is 3. The largest absolute Gasteiger partial charge is 0.500 e. The number of nitrogens with one attached hydrogen (secondary N) is 1. The van der Waals surface area contributed by atoms with E-state index in [0.29, 0.717) is 83.5 Å². The van der Waals surface area contributed by atoms with Crippen LogP contribution < -0.4 is 5.32 Å². The average Bonchev–Trinajstić information content (AvgIpc) is 3.08. The molecule has 0 saturated heterocycles. The Morgan fingerprint density at radius 3 is 1.48 bits per heavy atom. The van der Waals surface area contributed by atoms with E-state index in [1.807, 2.05) is 0 Å². The van der Waals surface area contributed by atoms with Crippen molar-refractivity contribution in [2.24, 2.45) is 11.3 Å². The summed E-state index contributed by atoms with van der Waals surface area (Å²) in [4.78, 5) is 2.10. The lowest BCUT2D eigenvalue weighted by Crippen LogP contribution is -2.44. The monoisotopic (exact) mass is 760 g/mol. The van der Waals surface area contributed by atoms with Crippen LogP contribution in [0.4, 0.5) is 0 Å². The Morgan fingerprint density at radius 1 is 0.640 bits per heavy atom. The van der Waals surface area contributed by atoms with Crippen molar-refractivity contribution < 1.29 is 56.1 Å². The minimum Gasteiger partial charge on any atom is -0.389 e. The topological polar surface area (TPSA) is 159 Å². The molecule has 4 atom stereocenters. The molecule has 0 aromatic carbocycles. The van der Waals surface area contributed by atoms with Crippen LogP contribution in [0.1, 0.15) is 66.2 Å². The third-order valence-electron chi connectivity index (χ3n) is 8.75. The van der Waals surface area contributed by atoms with Gasteiger partial charge in [-0.05, 0) is 50.0 Å². The SMILES string of the molecule is CCCCOCC(O)CNCCC(C)(C)CC(C)CN(CC(O)COCCC[Si](OC)(OC)OC)CC(O)COCCC[Si](OC)(OC)OC. The van der Waals surface area contributed by atoms with E-state index in [4.69, 9.17) is 40.8 Å². The molecule has 0 aromatic heterocycles. The number of hydrogen-bond acceptors (Lipinski definition) is 14. The Bertz CT molecular complexity index is 730. The third kappa shape index (κ3) is 23.5. The predicted octanol–water partition coefficient (Wildman–Crippen LogP) is 2.79. The van der Waals surface area contributed by atoms with E-state index >= 15 is 0 Å². The van der Waals surface area contributed by atoms with Gasteiger partial charge in [0.1, 0.15) is 0 Å². The molecule has 302 valence electrons. The summed E-state index contributed by atoms with van der Waals surface area (Å²) in [5.74, 6) is 0.300. The zero-order valence-electron chi connectivity index (χ0n) is 33.2. The van der Waals surface area contributed by atoms with Gasteiger partial charge in [-0.3, -0.25) is 4.90 Å². The normalized spacial score (nSPS) is 15.5. The number of aliphatic hydroxyl groups excluding tert-OH is 3. The predicted molar refractivity (Wildman–Crippen MR) is 199 cm³/mol. The van der Waals surface area contributed by atoms with Crippen molar-refractivity contribution in [1.29, 1.82) is 0 Å². The van der Waals surface area contributed by atoms with Crippen LogP contribution in [0, 0.1) is 11.3 Å². The van der Waals surface area contributed by atoms with Crippen LogP contribution in [0.25, 0.3) is 0 Å². The highest BCUT2D eigenvalue weighted by Crippen LogP contribution is 2.29. The highest BCUT2D eigenvalue weighted by Gasteiger charge is 2.37. The summed E-state index contributed by atoms with van der Waals surface area (Å²) >= 11 is 0. The van der Waals surface area contributed by atoms with Crippen LogP contribution in [-0.2, 0) is 40.8 Å². The molecule has 0 aliphatic heterocycles. The van der Waals surface area contributed by atoms with E-state index in [1.165, 1.54) is 0 Å². The summed E-state index contributed by atoms with van der Waals surface area (Å²) in [6.45, 7) is 13.8. The molecule has 0 amide bonds. The molecule has 14 nitrogen and oxygen atoms in total. The maximum atomic E-state index is 10.9. The summed E-state index contributed by atoms with van der Waals surface area (Å²) in [5.41, 5.74) is 0.0560. The number of aliphatic hydroxyl groups is 3. The fraction of sp³-hybridized carbons (Fsp3) is 1.00. The van der Waals surface area contributed by atoms with Gasteiger partial charge in [0.2, 0.25) is 0 Å². The highest BCUT2D eigenvalue weighted by atomic mass is 28.4. The zero-order chi connectivity index (χ0) is 37.9. The molecular formula is C34H76N2O12Si2. The molecule has 4 N–H and O–H groups in total. The molecule has 0 spiro atoms. The molecule has 0 bridgehead atoms. The van der Waals surface area contributed by atoms with Gasteiger partial charge in [-0.15, -0.1) is 0 Å².